The predicted molar refractivity (Wildman–Crippen MR) is 195 cm³/mol. The molecule has 0 spiro atoms. The summed E-state index contributed by atoms with van der Waals surface area (Å²) in [6, 6.07) is -0.796. The number of carbonyl (C=O) groups is 1. The van der Waals surface area contributed by atoms with E-state index in [1.165, 1.54) is 148 Å². The summed E-state index contributed by atoms with van der Waals surface area (Å²) in [6.07, 6.45) is 42.0. The van der Waals surface area contributed by atoms with E-state index in [4.69, 9.17) is 0 Å². The van der Waals surface area contributed by atoms with Gasteiger partial charge in [-0.3, -0.25) is 4.79 Å². The molecule has 45 heavy (non-hydrogen) atoms. The third kappa shape index (κ3) is 31.2. The lowest BCUT2D eigenvalue weighted by Gasteiger charge is -2.21. The zero-order chi connectivity index (χ0) is 33.1. The summed E-state index contributed by atoms with van der Waals surface area (Å²) in [4.78, 5) is 12.4. The Morgan fingerprint density at radius 1 is 0.533 bits per heavy atom. The van der Waals surface area contributed by atoms with Crippen molar-refractivity contribution >= 4 is 5.91 Å². The molecule has 0 aliphatic carbocycles. The zero-order valence-corrected chi connectivity index (χ0v) is 30.0. The van der Waals surface area contributed by atoms with Gasteiger partial charge in [-0.15, -0.1) is 0 Å². The van der Waals surface area contributed by atoms with E-state index in [1.54, 1.807) is 6.08 Å². The Morgan fingerprint density at radius 3 is 1.29 bits per heavy atom. The smallest absolute Gasteiger partial charge is 0.249 e. The molecule has 0 aliphatic heterocycles. The predicted octanol–water partition coefficient (Wildman–Crippen LogP) is 10.7. The SMILES string of the molecule is CCCCCCCCCC/C=C/C(O)C(CO)NC(=O)C(O)CCCCCCCC/C=C\CCCCCCCCCCCCC. The first-order chi connectivity index (χ1) is 22.1. The molecule has 266 valence electrons. The number of carbonyl (C=O) groups excluding carboxylic acids is 1. The van der Waals surface area contributed by atoms with Gasteiger partial charge in [-0.25, -0.2) is 0 Å². The summed E-state index contributed by atoms with van der Waals surface area (Å²) in [5.74, 6) is -0.510. The number of rotatable bonds is 35. The summed E-state index contributed by atoms with van der Waals surface area (Å²) >= 11 is 0. The van der Waals surface area contributed by atoms with E-state index in [-0.39, 0.29) is 6.61 Å². The molecule has 0 aromatic carbocycles. The maximum Gasteiger partial charge on any atom is 0.249 e. The molecule has 5 nitrogen and oxygen atoms in total. The molecule has 0 bridgehead atoms. The first-order valence-corrected chi connectivity index (χ1v) is 19.7. The zero-order valence-electron chi connectivity index (χ0n) is 30.0. The number of aliphatic hydroxyl groups excluding tert-OH is 3. The normalized spacial score (nSPS) is 14.0. The van der Waals surface area contributed by atoms with Crippen molar-refractivity contribution in [1.29, 1.82) is 0 Å². The van der Waals surface area contributed by atoms with Crippen molar-refractivity contribution < 1.29 is 20.1 Å². The molecular formula is C40H77NO4. The maximum atomic E-state index is 12.4. The van der Waals surface area contributed by atoms with E-state index in [2.05, 4.69) is 31.3 Å². The Labute approximate surface area is 280 Å². The average molecular weight is 636 g/mol. The van der Waals surface area contributed by atoms with Gasteiger partial charge in [0.1, 0.15) is 6.10 Å². The van der Waals surface area contributed by atoms with Crippen molar-refractivity contribution in [3.63, 3.8) is 0 Å². The largest absolute Gasteiger partial charge is 0.394 e. The van der Waals surface area contributed by atoms with Crippen LogP contribution in [0.2, 0.25) is 0 Å². The maximum absolute atomic E-state index is 12.4. The molecule has 0 heterocycles. The minimum atomic E-state index is -1.10. The van der Waals surface area contributed by atoms with Crippen LogP contribution in [0.15, 0.2) is 24.3 Å². The fourth-order valence-electron chi connectivity index (χ4n) is 5.88. The molecule has 0 aromatic rings. The second kappa shape index (κ2) is 35.7. The van der Waals surface area contributed by atoms with Gasteiger partial charge in [-0.1, -0.05) is 179 Å². The van der Waals surface area contributed by atoms with Gasteiger partial charge < -0.3 is 20.6 Å². The highest BCUT2D eigenvalue weighted by Crippen LogP contribution is 2.14. The molecule has 3 unspecified atom stereocenters. The molecule has 0 rings (SSSR count). The summed E-state index contributed by atoms with van der Waals surface area (Å²) in [5, 5.41) is 32.9. The van der Waals surface area contributed by atoms with Crippen LogP contribution in [0.1, 0.15) is 200 Å². The first-order valence-electron chi connectivity index (χ1n) is 19.7. The molecule has 1 amide bonds. The van der Waals surface area contributed by atoms with E-state index >= 15 is 0 Å². The van der Waals surface area contributed by atoms with Crippen LogP contribution in [-0.4, -0.2) is 46.1 Å². The highest BCUT2D eigenvalue weighted by Gasteiger charge is 2.22. The molecule has 0 aliphatic rings. The number of aliphatic hydroxyl groups is 3. The monoisotopic (exact) mass is 636 g/mol. The van der Waals surface area contributed by atoms with Gasteiger partial charge in [0.25, 0.3) is 0 Å². The summed E-state index contributed by atoms with van der Waals surface area (Å²) in [7, 11) is 0. The van der Waals surface area contributed by atoms with Crippen LogP contribution >= 0.6 is 0 Å². The number of hydrogen-bond acceptors (Lipinski definition) is 4. The molecule has 0 saturated carbocycles. The fraction of sp³-hybridized carbons (Fsp3) is 0.875. The summed E-state index contributed by atoms with van der Waals surface area (Å²) < 4.78 is 0. The van der Waals surface area contributed by atoms with Crippen LogP contribution in [-0.2, 0) is 4.79 Å². The Bertz CT molecular complexity index is 665. The van der Waals surface area contributed by atoms with Crippen LogP contribution in [0.4, 0.5) is 0 Å². The highest BCUT2D eigenvalue weighted by molar-refractivity contribution is 5.80. The van der Waals surface area contributed by atoms with Gasteiger partial charge in [-0.2, -0.15) is 0 Å². The number of allylic oxidation sites excluding steroid dienone is 3. The topological polar surface area (TPSA) is 89.8 Å². The quantitative estimate of drug-likeness (QED) is 0.0412. The van der Waals surface area contributed by atoms with Gasteiger partial charge in [0, 0.05) is 0 Å². The van der Waals surface area contributed by atoms with Crippen LogP contribution in [0.3, 0.4) is 0 Å². The van der Waals surface area contributed by atoms with Crippen molar-refractivity contribution in [2.24, 2.45) is 0 Å². The second-order valence-electron chi connectivity index (χ2n) is 13.5. The van der Waals surface area contributed by atoms with E-state index in [0.717, 1.165) is 32.1 Å². The number of hydrogen-bond donors (Lipinski definition) is 4. The van der Waals surface area contributed by atoms with Crippen LogP contribution < -0.4 is 5.32 Å². The fourth-order valence-corrected chi connectivity index (χ4v) is 5.88. The van der Waals surface area contributed by atoms with Gasteiger partial charge in [0.2, 0.25) is 5.91 Å². The Balaban J connectivity index is 3.67. The molecule has 4 N–H and O–H groups in total. The molecule has 3 atom stereocenters. The van der Waals surface area contributed by atoms with Crippen molar-refractivity contribution in [2.45, 2.75) is 218 Å². The first kappa shape index (κ1) is 43.8. The number of nitrogens with one attached hydrogen (secondary N) is 1. The van der Waals surface area contributed by atoms with Gasteiger partial charge in [0.15, 0.2) is 0 Å². The lowest BCUT2D eigenvalue weighted by molar-refractivity contribution is -0.131. The molecule has 0 radical (unpaired) electrons. The lowest BCUT2D eigenvalue weighted by atomic mass is 10.0. The summed E-state index contributed by atoms with van der Waals surface area (Å²) in [5.41, 5.74) is 0. The van der Waals surface area contributed by atoms with Crippen LogP contribution in [0, 0.1) is 0 Å². The van der Waals surface area contributed by atoms with Crippen molar-refractivity contribution in [2.75, 3.05) is 6.61 Å². The average Bonchev–Trinajstić information content (AvgIpc) is 3.04. The molecule has 0 aromatic heterocycles. The molecular weight excluding hydrogens is 558 g/mol. The lowest BCUT2D eigenvalue weighted by Crippen LogP contribution is -2.48. The van der Waals surface area contributed by atoms with Crippen molar-refractivity contribution in [1.82, 2.24) is 5.32 Å². The van der Waals surface area contributed by atoms with Crippen LogP contribution in [0.5, 0.6) is 0 Å². The molecule has 5 heteroatoms. The minimum Gasteiger partial charge on any atom is -0.394 e. The second-order valence-corrected chi connectivity index (χ2v) is 13.5. The Morgan fingerprint density at radius 2 is 0.889 bits per heavy atom. The molecule has 0 saturated heterocycles. The molecule has 0 fully saturated rings. The van der Waals surface area contributed by atoms with Gasteiger partial charge in [-0.05, 0) is 44.9 Å². The highest BCUT2D eigenvalue weighted by atomic mass is 16.3. The van der Waals surface area contributed by atoms with E-state index in [0.29, 0.717) is 6.42 Å². The number of amides is 1. The standard InChI is InChI=1S/C40H77NO4/c1-3-5-7-9-11-13-15-16-17-18-19-20-21-22-23-24-25-27-29-31-33-35-39(44)40(45)41-37(36-42)38(43)34-32-30-28-26-14-12-10-8-6-4-2/h21-22,32,34,37-39,42-44H,3-20,23-31,33,35-36H2,1-2H3,(H,41,45)/b22-21-,34-32+. The third-order valence-corrected chi connectivity index (χ3v) is 9.04. The Hall–Kier alpha value is -1.17. The Kier molecular flexibility index (Phi) is 34.8. The van der Waals surface area contributed by atoms with E-state index < -0.39 is 24.2 Å². The van der Waals surface area contributed by atoms with E-state index in [9.17, 15) is 20.1 Å². The summed E-state index contributed by atoms with van der Waals surface area (Å²) in [6.45, 7) is 4.15. The van der Waals surface area contributed by atoms with Crippen LogP contribution in [0.25, 0.3) is 0 Å². The van der Waals surface area contributed by atoms with Crippen molar-refractivity contribution in [3.05, 3.63) is 24.3 Å². The number of unbranched alkanes of at least 4 members (excludes halogenated alkanes) is 25. The third-order valence-electron chi connectivity index (χ3n) is 9.04. The van der Waals surface area contributed by atoms with Gasteiger partial charge in [0.05, 0.1) is 18.8 Å². The van der Waals surface area contributed by atoms with Gasteiger partial charge >= 0.3 is 0 Å². The minimum absolute atomic E-state index is 0.365. The van der Waals surface area contributed by atoms with Crippen molar-refractivity contribution in [3.8, 4) is 0 Å². The van der Waals surface area contributed by atoms with E-state index in [1.807, 2.05) is 6.08 Å².